The molecule has 0 saturated carbocycles. The second-order valence-electron chi connectivity index (χ2n) is 4.86. The van der Waals surface area contributed by atoms with Crippen molar-refractivity contribution in [3.63, 3.8) is 0 Å². The van der Waals surface area contributed by atoms with Crippen LogP contribution >= 0.6 is 0 Å². The topological polar surface area (TPSA) is 105 Å². The standard InChI is InChI=1S/C15H15N5O3/c1-3-23-15(22)10-8-17-20(13(10)16)14(21)12-9(2)18-11-6-4-5-7-19(11)12/h4-8H,3,16H2,1-2H3. The lowest BCUT2D eigenvalue weighted by Crippen LogP contribution is -2.19. The van der Waals surface area contributed by atoms with Gasteiger partial charge in [0, 0.05) is 6.20 Å². The van der Waals surface area contributed by atoms with Crippen LogP contribution in [0.3, 0.4) is 0 Å². The Morgan fingerprint density at radius 3 is 2.87 bits per heavy atom. The van der Waals surface area contributed by atoms with E-state index in [0.717, 1.165) is 4.68 Å². The predicted molar refractivity (Wildman–Crippen MR) is 82.3 cm³/mol. The number of nitrogens with two attached hydrogens (primary N) is 1. The quantitative estimate of drug-likeness (QED) is 0.730. The lowest BCUT2D eigenvalue weighted by Gasteiger charge is -2.05. The molecule has 3 aromatic rings. The largest absolute Gasteiger partial charge is 0.462 e. The number of esters is 1. The second-order valence-corrected chi connectivity index (χ2v) is 4.86. The van der Waals surface area contributed by atoms with E-state index in [1.165, 1.54) is 6.20 Å². The molecule has 0 spiro atoms. The predicted octanol–water partition coefficient (Wildman–Crippen LogP) is 1.29. The molecule has 0 fully saturated rings. The Labute approximate surface area is 131 Å². The number of pyridine rings is 1. The van der Waals surface area contributed by atoms with Gasteiger partial charge in [-0.1, -0.05) is 6.07 Å². The molecule has 8 heteroatoms. The van der Waals surface area contributed by atoms with Crippen molar-refractivity contribution in [3.8, 4) is 0 Å². The number of carbonyl (C=O) groups is 2. The molecule has 3 heterocycles. The van der Waals surface area contributed by atoms with Gasteiger partial charge in [0.05, 0.1) is 18.5 Å². The van der Waals surface area contributed by atoms with E-state index in [-0.39, 0.29) is 18.0 Å². The third-order valence-corrected chi connectivity index (χ3v) is 3.40. The Bertz CT molecular complexity index is 909. The normalized spacial score (nSPS) is 10.9. The van der Waals surface area contributed by atoms with Gasteiger partial charge in [0.1, 0.15) is 22.7 Å². The van der Waals surface area contributed by atoms with Gasteiger partial charge in [-0.25, -0.2) is 9.78 Å². The van der Waals surface area contributed by atoms with Crippen molar-refractivity contribution in [2.75, 3.05) is 12.3 Å². The number of fused-ring (bicyclic) bond motifs is 1. The fraction of sp³-hybridized carbons (Fsp3) is 0.200. The van der Waals surface area contributed by atoms with Crippen LogP contribution in [0.5, 0.6) is 0 Å². The molecule has 0 amide bonds. The van der Waals surface area contributed by atoms with Gasteiger partial charge in [0.25, 0.3) is 5.91 Å². The maximum Gasteiger partial charge on any atom is 0.343 e. The molecule has 23 heavy (non-hydrogen) atoms. The van der Waals surface area contributed by atoms with E-state index in [1.54, 1.807) is 36.6 Å². The fourth-order valence-corrected chi connectivity index (χ4v) is 2.36. The molecular formula is C15H15N5O3. The van der Waals surface area contributed by atoms with Crippen LogP contribution in [0.2, 0.25) is 0 Å². The molecule has 3 aromatic heterocycles. The zero-order chi connectivity index (χ0) is 16.6. The van der Waals surface area contributed by atoms with Crippen molar-refractivity contribution in [2.24, 2.45) is 0 Å². The van der Waals surface area contributed by atoms with Gasteiger partial charge in [0.15, 0.2) is 0 Å². The highest BCUT2D eigenvalue weighted by molar-refractivity contribution is 6.01. The lowest BCUT2D eigenvalue weighted by molar-refractivity contribution is 0.0527. The molecule has 118 valence electrons. The number of imidazole rings is 1. The smallest absolute Gasteiger partial charge is 0.343 e. The number of ether oxygens (including phenoxy) is 1. The van der Waals surface area contributed by atoms with Gasteiger partial charge < -0.3 is 10.5 Å². The van der Waals surface area contributed by atoms with Crippen molar-refractivity contribution in [1.29, 1.82) is 0 Å². The molecule has 0 aromatic carbocycles. The molecule has 0 radical (unpaired) electrons. The average molecular weight is 313 g/mol. The number of hydrogen-bond acceptors (Lipinski definition) is 6. The first-order chi connectivity index (χ1) is 11.0. The summed E-state index contributed by atoms with van der Waals surface area (Å²) in [5.41, 5.74) is 7.48. The maximum absolute atomic E-state index is 12.8. The summed E-state index contributed by atoms with van der Waals surface area (Å²) in [6.45, 7) is 3.63. The Kier molecular flexibility index (Phi) is 3.57. The Morgan fingerprint density at radius 1 is 1.35 bits per heavy atom. The number of nitrogens with zero attached hydrogens (tertiary/aromatic N) is 4. The van der Waals surface area contributed by atoms with Gasteiger partial charge >= 0.3 is 5.97 Å². The van der Waals surface area contributed by atoms with Crippen LogP contribution in [0.1, 0.15) is 33.5 Å². The van der Waals surface area contributed by atoms with Crippen LogP contribution in [0.4, 0.5) is 5.82 Å². The Hall–Kier alpha value is -3.16. The van der Waals surface area contributed by atoms with Crippen molar-refractivity contribution in [1.82, 2.24) is 19.2 Å². The monoisotopic (exact) mass is 313 g/mol. The van der Waals surface area contributed by atoms with E-state index in [2.05, 4.69) is 10.1 Å². The summed E-state index contributed by atoms with van der Waals surface area (Å²) in [5.74, 6) is -1.13. The summed E-state index contributed by atoms with van der Waals surface area (Å²) in [4.78, 5) is 28.9. The van der Waals surface area contributed by atoms with E-state index in [4.69, 9.17) is 10.5 Å². The van der Waals surface area contributed by atoms with Crippen LogP contribution in [0, 0.1) is 6.92 Å². The highest BCUT2D eigenvalue weighted by Gasteiger charge is 2.24. The van der Waals surface area contributed by atoms with Crippen molar-refractivity contribution < 1.29 is 14.3 Å². The SMILES string of the molecule is CCOC(=O)c1cnn(C(=O)c2c(C)nc3ccccn23)c1N. The molecular weight excluding hydrogens is 298 g/mol. The first-order valence-corrected chi connectivity index (χ1v) is 7.03. The average Bonchev–Trinajstić information content (AvgIpc) is 3.06. The third kappa shape index (κ3) is 2.33. The highest BCUT2D eigenvalue weighted by Crippen LogP contribution is 2.18. The van der Waals surface area contributed by atoms with Crippen LogP contribution in [-0.2, 0) is 4.74 Å². The zero-order valence-electron chi connectivity index (χ0n) is 12.7. The number of anilines is 1. The zero-order valence-corrected chi connectivity index (χ0v) is 12.7. The number of hydrogen-bond donors (Lipinski definition) is 1. The number of aryl methyl sites for hydroxylation is 1. The van der Waals surface area contributed by atoms with E-state index in [9.17, 15) is 9.59 Å². The van der Waals surface area contributed by atoms with Gasteiger partial charge in [-0.2, -0.15) is 9.78 Å². The molecule has 3 rings (SSSR count). The van der Waals surface area contributed by atoms with E-state index >= 15 is 0 Å². The summed E-state index contributed by atoms with van der Waals surface area (Å²) in [5, 5.41) is 3.92. The Morgan fingerprint density at radius 2 is 2.13 bits per heavy atom. The lowest BCUT2D eigenvalue weighted by atomic mass is 10.3. The van der Waals surface area contributed by atoms with Crippen molar-refractivity contribution in [3.05, 3.63) is 47.5 Å². The van der Waals surface area contributed by atoms with E-state index in [1.807, 2.05) is 6.07 Å². The highest BCUT2D eigenvalue weighted by atomic mass is 16.5. The number of aromatic nitrogens is 4. The van der Waals surface area contributed by atoms with Gasteiger partial charge in [0.2, 0.25) is 0 Å². The maximum atomic E-state index is 12.8. The van der Waals surface area contributed by atoms with Crippen LogP contribution in [0.25, 0.3) is 5.65 Å². The van der Waals surface area contributed by atoms with E-state index < -0.39 is 11.9 Å². The first kappa shape index (κ1) is 14.8. The van der Waals surface area contributed by atoms with Crippen LogP contribution in [-0.4, -0.2) is 37.6 Å². The molecule has 0 aliphatic carbocycles. The third-order valence-electron chi connectivity index (χ3n) is 3.40. The molecule has 2 N–H and O–H groups in total. The van der Waals surface area contributed by atoms with Crippen LogP contribution < -0.4 is 5.73 Å². The Balaban J connectivity index is 2.07. The molecule has 0 saturated heterocycles. The summed E-state index contributed by atoms with van der Waals surface area (Å²) in [7, 11) is 0. The summed E-state index contributed by atoms with van der Waals surface area (Å²) in [6.07, 6.45) is 2.96. The molecule has 0 bridgehead atoms. The number of carbonyl (C=O) groups excluding carboxylic acids is 2. The number of rotatable bonds is 3. The minimum atomic E-state index is -0.612. The van der Waals surface area contributed by atoms with Gasteiger partial charge in [-0.3, -0.25) is 9.20 Å². The van der Waals surface area contributed by atoms with Gasteiger partial charge in [-0.05, 0) is 26.0 Å². The molecule has 8 nitrogen and oxygen atoms in total. The minimum absolute atomic E-state index is 0.0567. The summed E-state index contributed by atoms with van der Waals surface area (Å²) >= 11 is 0. The minimum Gasteiger partial charge on any atom is -0.462 e. The fourth-order valence-electron chi connectivity index (χ4n) is 2.36. The molecule has 0 unspecified atom stereocenters. The summed E-state index contributed by atoms with van der Waals surface area (Å²) < 4.78 is 7.52. The molecule has 0 aliphatic rings. The first-order valence-electron chi connectivity index (χ1n) is 7.03. The second kappa shape index (κ2) is 5.56. The van der Waals surface area contributed by atoms with Gasteiger partial charge in [-0.15, -0.1) is 0 Å². The van der Waals surface area contributed by atoms with Crippen molar-refractivity contribution in [2.45, 2.75) is 13.8 Å². The summed E-state index contributed by atoms with van der Waals surface area (Å²) in [6, 6.07) is 5.42. The molecule has 0 atom stereocenters. The number of nitrogen functional groups attached to an aromatic ring is 1. The van der Waals surface area contributed by atoms with Crippen LogP contribution in [0.15, 0.2) is 30.6 Å². The van der Waals surface area contributed by atoms with E-state index in [0.29, 0.717) is 17.0 Å². The molecule has 0 aliphatic heterocycles. The van der Waals surface area contributed by atoms with Crippen molar-refractivity contribution >= 4 is 23.3 Å².